The van der Waals surface area contributed by atoms with Gasteiger partial charge in [0.05, 0.1) is 26.6 Å². The lowest BCUT2D eigenvalue weighted by molar-refractivity contribution is -0.720. The van der Waals surface area contributed by atoms with Crippen LogP contribution in [0.3, 0.4) is 0 Å². The van der Waals surface area contributed by atoms with Crippen LogP contribution >= 0.6 is 11.8 Å². The first-order valence-corrected chi connectivity index (χ1v) is 8.08. The van der Waals surface area contributed by atoms with Crippen LogP contribution in [0.4, 0.5) is 0 Å². The first-order chi connectivity index (χ1) is 11.1. The van der Waals surface area contributed by atoms with Crippen LogP contribution in [0.25, 0.3) is 11.1 Å². The molecule has 1 aliphatic heterocycles. The third-order valence-electron chi connectivity index (χ3n) is 3.94. The molecule has 6 nitrogen and oxygen atoms in total. The number of nitriles is 1. The fourth-order valence-corrected chi connectivity index (χ4v) is 3.98. The van der Waals surface area contributed by atoms with E-state index >= 15 is 0 Å². The van der Waals surface area contributed by atoms with Gasteiger partial charge >= 0.3 is 10.7 Å². The average Bonchev–Trinajstić information content (AvgIpc) is 2.98. The lowest BCUT2D eigenvalue weighted by atomic mass is 10.1. The maximum Gasteiger partial charge on any atom is 0.350 e. The highest BCUT2D eigenvalue weighted by Crippen LogP contribution is 2.34. The molecule has 0 bridgehead atoms. The Kier molecular flexibility index (Phi) is 4.01. The summed E-state index contributed by atoms with van der Waals surface area (Å²) >= 11 is 1.48. The summed E-state index contributed by atoms with van der Waals surface area (Å²) in [7, 11) is 3.29. The SMILES string of the molecule is COc1ccc(-c2c(O)[n+](C)c3n(c2=O)C(CC#N)CS3)cc1. The van der Waals surface area contributed by atoms with E-state index < -0.39 is 0 Å². The summed E-state index contributed by atoms with van der Waals surface area (Å²) in [6.45, 7) is 0. The molecular formula is C16H16N3O3S+. The monoisotopic (exact) mass is 330 g/mol. The summed E-state index contributed by atoms with van der Waals surface area (Å²) in [5, 5.41) is 20.1. The van der Waals surface area contributed by atoms with E-state index in [1.54, 1.807) is 47.6 Å². The number of benzene rings is 1. The largest absolute Gasteiger partial charge is 0.497 e. The fraction of sp³-hybridized carbons (Fsp3) is 0.312. The molecule has 0 fully saturated rings. The van der Waals surface area contributed by atoms with Crippen LogP contribution in [-0.2, 0) is 7.05 Å². The maximum absolute atomic E-state index is 12.9. The van der Waals surface area contributed by atoms with E-state index in [1.807, 2.05) is 0 Å². The highest BCUT2D eigenvalue weighted by atomic mass is 32.2. The minimum atomic E-state index is -0.272. The summed E-state index contributed by atoms with van der Waals surface area (Å²) < 4.78 is 8.34. The Labute approximate surface area is 137 Å². The number of rotatable bonds is 3. The van der Waals surface area contributed by atoms with E-state index in [4.69, 9.17) is 10.00 Å². The molecule has 2 heterocycles. The number of methoxy groups -OCH3 is 1. The summed E-state index contributed by atoms with van der Waals surface area (Å²) in [5.74, 6) is 1.26. The quantitative estimate of drug-likeness (QED) is 0.683. The van der Waals surface area contributed by atoms with Gasteiger partial charge in [0.2, 0.25) is 0 Å². The maximum atomic E-state index is 12.9. The Bertz CT molecular complexity index is 853. The van der Waals surface area contributed by atoms with Gasteiger partial charge in [0.25, 0.3) is 5.88 Å². The van der Waals surface area contributed by atoms with Crippen molar-refractivity contribution in [3.05, 3.63) is 34.6 Å². The number of hydrogen-bond acceptors (Lipinski definition) is 5. The van der Waals surface area contributed by atoms with Gasteiger partial charge in [-0.25, -0.2) is 4.79 Å². The Morgan fingerprint density at radius 2 is 2.17 bits per heavy atom. The van der Waals surface area contributed by atoms with E-state index in [0.29, 0.717) is 22.2 Å². The van der Waals surface area contributed by atoms with Crippen LogP contribution in [0.1, 0.15) is 12.5 Å². The third-order valence-corrected chi connectivity index (χ3v) is 5.22. The number of hydrogen-bond donors (Lipinski definition) is 1. The van der Waals surface area contributed by atoms with Gasteiger partial charge in [-0.1, -0.05) is 12.1 Å². The molecule has 0 saturated carbocycles. The van der Waals surface area contributed by atoms with Crippen molar-refractivity contribution in [1.82, 2.24) is 4.57 Å². The van der Waals surface area contributed by atoms with Crippen molar-refractivity contribution in [3.63, 3.8) is 0 Å². The topological polar surface area (TPSA) is 79.1 Å². The van der Waals surface area contributed by atoms with Gasteiger partial charge in [-0.15, -0.1) is 0 Å². The van der Waals surface area contributed by atoms with Gasteiger partial charge in [0, 0.05) is 5.75 Å². The molecule has 2 aromatic rings. The molecule has 1 aromatic carbocycles. The summed E-state index contributed by atoms with van der Waals surface area (Å²) in [6, 6.07) is 8.92. The first-order valence-electron chi connectivity index (χ1n) is 7.10. The molecule has 1 N–H and O–H groups in total. The fourth-order valence-electron chi connectivity index (χ4n) is 2.72. The lowest BCUT2D eigenvalue weighted by Crippen LogP contribution is -2.40. The molecule has 3 rings (SSSR count). The van der Waals surface area contributed by atoms with Crippen molar-refractivity contribution in [1.29, 1.82) is 5.26 Å². The molecular weight excluding hydrogens is 314 g/mol. The molecule has 1 aromatic heterocycles. The van der Waals surface area contributed by atoms with Gasteiger partial charge < -0.3 is 9.84 Å². The van der Waals surface area contributed by atoms with Gasteiger partial charge in [-0.05, 0) is 29.5 Å². The highest BCUT2D eigenvalue weighted by Gasteiger charge is 2.37. The van der Waals surface area contributed by atoms with E-state index in [2.05, 4.69) is 6.07 Å². The number of aromatic hydroxyl groups is 1. The minimum absolute atomic E-state index is 0.0727. The molecule has 1 unspecified atom stereocenters. The molecule has 7 heteroatoms. The average molecular weight is 330 g/mol. The molecule has 23 heavy (non-hydrogen) atoms. The van der Waals surface area contributed by atoms with Crippen LogP contribution in [0.15, 0.2) is 34.2 Å². The minimum Gasteiger partial charge on any atom is -0.497 e. The Balaban J connectivity index is 2.22. The second-order valence-corrected chi connectivity index (χ2v) is 6.26. The molecule has 0 saturated heterocycles. The van der Waals surface area contributed by atoms with Crippen molar-refractivity contribution >= 4 is 11.8 Å². The molecule has 0 amide bonds. The van der Waals surface area contributed by atoms with Gasteiger partial charge in [-0.2, -0.15) is 14.4 Å². The second-order valence-electron chi connectivity index (χ2n) is 5.27. The normalized spacial score (nSPS) is 16.0. The number of ether oxygens (including phenoxy) is 1. The molecule has 118 valence electrons. The van der Waals surface area contributed by atoms with Crippen molar-refractivity contribution < 1.29 is 14.4 Å². The zero-order valence-electron chi connectivity index (χ0n) is 12.8. The van der Waals surface area contributed by atoms with Crippen molar-refractivity contribution in [3.8, 4) is 28.8 Å². The predicted octanol–water partition coefficient (Wildman–Crippen LogP) is 1.61. The smallest absolute Gasteiger partial charge is 0.350 e. The number of fused-ring (bicyclic) bond motifs is 1. The third kappa shape index (κ3) is 2.45. The number of thioether (sulfide) groups is 1. The van der Waals surface area contributed by atoms with Crippen LogP contribution in [0.2, 0.25) is 0 Å². The Morgan fingerprint density at radius 3 is 2.78 bits per heavy atom. The van der Waals surface area contributed by atoms with Gasteiger partial charge in [0.1, 0.15) is 11.8 Å². The molecule has 1 atom stereocenters. The van der Waals surface area contributed by atoms with E-state index in [9.17, 15) is 9.90 Å². The van der Waals surface area contributed by atoms with Crippen LogP contribution in [0, 0.1) is 11.3 Å². The summed E-state index contributed by atoms with van der Waals surface area (Å²) in [6.07, 6.45) is 0.271. The van der Waals surface area contributed by atoms with Crippen LogP contribution < -0.4 is 14.9 Å². The molecule has 1 aliphatic rings. The molecule has 0 spiro atoms. The van der Waals surface area contributed by atoms with Gasteiger partial charge in [-0.3, -0.25) is 0 Å². The summed E-state index contributed by atoms with van der Waals surface area (Å²) in [4.78, 5) is 12.9. The number of aromatic nitrogens is 2. The summed E-state index contributed by atoms with van der Waals surface area (Å²) in [5.41, 5.74) is 0.585. The van der Waals surface area contributed by atoms with E-state index in [1.165, 1.54) is 11.8 Å². The highest BCUT2D eigenvalue weighted by molar-refractivity contribution is 7.99. The van der Waals surface area contributed by atoms with Crippen molar-refractivity contribution in [2.45, 2.75) is 17.6 Å². The second kappa shape index (κ2) is 5.97. The molecule has 0 radical (unpaired) electrons. The number of nitrogens with zero attached hydrogens (tertiary/aromatic N) is 3. The predicted molar refractivity (Wildman–Crippen MR) is 85.5 cm³/mol. The zero-order chi connectivity index (χ0) is 16.6. The van der Waals surface area contributed by atoms with Crippen LogP contribution in [0.5, 0.6) is 11.6 Å². The van der Waals surface area contributed by atoms with Crippen LogP contribution in [-0.4, -0.2) is 22.5 Å². The Hall–Kier alpha value is -2.46. The lowest BCUT2D eigenvalue weighted by Gasteiger charge is -2.10. The van der Waals surface area contributed by atoms with E-state index in [0.717, 1.165) is 0 Å². The van der Waals surface area contributed by atoms with Gasteiger partial charge in [0.15, 0.2) is 5.56 Å². The van der Waals surface area contributed by atoms with Crippen molar-refractivity contribution in [2.75, 3.05) is 12.9 Å². The standard InChI is InChI=1S/C16H15N3O3S/c1-18-14(20)13(10-3-5-12(22-2)6-4-10)15(21)19-11(7-8-17)9-23-16(18)19/h3-6,11H,7,9H2,1-2H3/p+1. The van der Waals surface area contributed by atoms with Crippen molar-refractivity contribution in [2.24, 2.45) is 7.05 Å². The van der Waals surface area contributed by atoms with E-state index in [-0.39, 0.29) is 29.5 Å². The first kappa shape index (κ1) is 15.4. The Morgan fingerprint density at radius 1 is 1.48 bits per heavy atom. The zero-order valence-corrected chi connectivity index (χ0v) is 13.6. The molecule has 0 aliphatic carbocycles.